The number of nitrogens with zero attached hydrogens (tertiary/aromatic N) is 3. The van der Waals surface area contributed by atoms with Gasteiger partial charge >= 0.3 is 0 Å². The van der Waals surface area contributed by atoms with E-state index in [4.69, 9.17) is 15.5 Å². The number of rotatable bonds is 8. The second-order valence-corrected chi connectivity index (χ2v) is 19.1. The molecule has 2 heterocycles. The molecule has 1 N–H and O–H groups in total. The van der Waals surface area contributed by atoms with E-state index in [1.165, 1.54) is 5.56 Å². The summed E-state index contributed by atoms with van der Waals surface area (Å²) in [4.78, 5) is 10.5. The summed E-state index contributed by atoms with van der Waals surface area (Å²) in [5.74, 6) is -0.639. The Balaban J connectivity index is 1.40. The van der Waals surface area contributed by atoms with Crippen LogP contribution >= 0.6 is 0 Å². The number of pyridine rings is 1. The van der Waals surface area contributed by atoms with Crippen molar-refractivity contribution in [2.75, 3.05) is 0 Å². The van der Waals surface area contributed by atoms with Gasteiger partial charge in [0.1, 0.15) is 11.6 Å². The maximum atomic E-state index is 12.6. The minimum Gasteiger partial charge on any atom is -0.507 e. The standard InChI is InChI=1S/C60H57N3O/c1-38(2)42-26-27-54(50(34-42)41-21-14-11-15-22-41)63-55-25-17-24-49(56(55)62-58(63)51-36-48(59(4,5)6)37-52(57(51)64)60(7,8)9)46-31-45(40-19-12-10-13-20-40)32-47(33-46)53-35-44(28-29-61-53)43-23-16-18-39(3)30-43/h10-38,64H,1-9H3/i11D,14D,15D,21D,22D,38D. The Morgan fingerprint density at radius 1 is 0.594 bits per heavy atom. The van der Waals surface area contributed by atoms with Gasteiger partial charge in [-0.3, -0.25) is 9.55 Å². The third kappa shape index (κ3) is 8.17. The van der Waals surface area contributed by atoms with Crippen molar-refractivity contribution in [2.24, 2.45) is 0 Å². The maximum Gasteiger partial charge on any atom is 0.149 e. The predicted molar refractivity (Wildman–Crippen MR) is 269 cm³/mol. The third-order valence-electron chi connectivity index (χ3n) is 12.1. The molecule has 4 nitrogen and oxygen atoms in total. The van der Waals surface area contributed by atoms with Crippen LogP contribution in [0.2, 0.25) is 0 Å². The largest absolute Gasteiger partial charge is 0.507 e. The molecule has 64 heavy (non-hydrogen) atoms. The molecule has 0 saturated carbocycles. The number of imidazole rings is 1. The first kappa shape index (κ1) is 35.4. The van der Waals surface area contributed by atoms with E-state index in [0.29, 0.717) is 39.2 Å². The normalized spacial score (nSPS) is 13.5. The molecule has 0 saturated heterocycles. The molecule has 0 spiro atoms. The van der Waals surface area contributed by atoms with Crippen LogP contribution in [-0.2, 0) is 10.8 Å². The minimum atomic E-state index is -1.11. The van der Waals surface area contributed by atoms with E-state index >= 15 is 0 Å². The second kappa shape index (κ2) is 16.6. The molecule has 0 atom stereocenters. The molecule has 0 aliphatic rings. The Morgan fingerprint density at radius 3 is 2.02 bits per heavy atom. The van der Waals surface area contributed by atoms with Crippen molar-refractivity contribution in [1.82, 2.24) is 14.5 Å². The van der Waals surface area contributed by atoms with Gasteiger partial charge in [0, 0.05) is 29.8 Å². The lowest BCUT2D eigenvalue weighted by molar-refractivity contribution is 0.446. The monoisotopic (exact) mass is 841 g/mol. The zero-order chi connectivity index (χ0) is 50.2. The lowest BCUT2D eigenvalue weighted by Crippen LogP contribution is -2.17. The number of fused-ring (bicyclic) bond motifs is 1. The molecule has 0 amide bonds. The first-order valence-electron chi connectivity index (χ1n) is 24.9. The van der Waals surface area contributed by atoms with Gasteiger partial charge in [0.05, 0.1) is 34.8 Å². The van der Waals surface area contributed by atoms with Crippen LogP contribution in [0.15, 0.2) is 170 Å². The van der Waals surface area contributed by atoms with Crippen molar-refractivity contribution in [1.29, 1.82) is 0 Å². The fourth-order valence-electron chi connectivity index (χ4n) is 8.51. The summed E-state index contributed by atoms with van der Waals surface area (Å²) >= 11 is 0. The summed E-state index contributed by atoms with van der Waals surface area (Å²) in [6, 6.07) is 42.6. The topological polar surface area (TPSA) is 50.9 Å². The molecule has 9 rings (SSSR count). The van der Waals surface area contributed by atoms with Crippen LogP contribution in [0.25, 0.3) is 83.9 Å². The smallest absolute Gasteiger partial charge is 0.149 e. The van der Waals surface area contributed by atoms with Crippen molar-refractivity contribution < 1.29 is 13.3 Å². The highest BCUT2D eigenvalue weighted by Gasteiger charge is 2.29. The van der Waals surface area contributed by atoms with Gasteiger partial charge in [0.2, 0.25) is 0 Å². The SMILES string of the molecule is [2H]c1c([2H])c([2H])c(-c2cc(C([2H])(C)C)ccc2-n2c(-c3cc(C(C)(C)C)cc(C(C)(C)C)c3O)nc3c(-c4cc(-c5ccccc5)cc(-c5cc(-c6cccc(C)c6)ccn5)c4)cccc32)c([2H])c1[2H]. The van der Waals surface area contributed by atoms with Crippen molar-refractivity contribution in [2.45, 2.75) is 79.0 Å². The molecule has 0 aliphatic heterocycles. The summed E-state index contributed by atoms with van der Waals surface area (Å²) in [6.45, 7) is 18.2. The van der Waals surface area contributed by atoms with Crippen LogP contribution in [0.3, 0.4) is 0 Å². The van der Waals surface area contributed by atoms with Crippen LogP contribution in [0.1, 0.15) is 91.8 Å². The van der Waals surface area contributed by atoms with E-state index < -0.39 is 29.4 Å². The maximum absolute atomic E-state index is 12.6. The van der Waals surface area contributed by atoms with Gasteiger partial charge in [-0.25, -0.2) is 4.98 Å². The molecular weight excluding hydrogens is 779 g/mol. The zero-order valence-electron chi connectivity index (χ0n) is 44.1. The van der Waals surface area contributed by atoms with Crippen molar-refractivity contribution in [3.8, 4) is 78.6 Å². The molecule has 0 aliphatic carbocycles. The number of aryl methyl sites for hydroxylation is 1. The van der Waals surface area contributed by atoms with E-state index in [-0.39, 0.29) is 28.8 Å². The first-order valence-corrected chi connectivity index (χ1v) is 21.9. The van der Waals surface area contributed by atoms with E-state index in [9.17, 15) is 7.85 Å². The Labute approximate surface area is 387 Å². The number of benzene rings is 7. The molecule has 0 fully saturated rings. The van der Waals surface area contributed by atoms with Gasteiger partial charge in [-0.1, -0.05) is 170 Å². The average Bonchev–Trinajstić information content (AvgIpc) is 3.71. The summed E-state index contributed by atoms with van der Waals surface area (Å²) < 4.78 is 55.5. The van der Waals surface area contributed by atoms with Crippen LogP contribution < -0.4 is 0 Å². The van der Waals surface area contributed by atoms with Gasteiger partial charge in [0.15, 0.2) is 0 Å². The molecule has 7 aromatic carbocycles. The van der Waals surface area contributed by atoms with E-state index in [2.05, 4.69) is 115 Å². The molecular formula is C60H57N3O. The fourth-order valence-corrected chi connectivity index (χ4v) is 8.51. The lowest BCUT2D eigenvalue weighted by Gasteiger charge is -2.27. The minimum absolute atomic E-state index is 0.000280. The average molecular weight is 842 g/mol. The van der Waals surface area contributed by atoms with Gasteiger partial charge in [-0.15, -0.1) is 0 Å². The van der Waals surface area contributed by atoms with Crippen molar-refractivity contribution >= 4 is 11.0 Å². The molecule has 9 aromatic rings. The quantitative estimate of drug-likeness (QED) is 0.166. The highest BCUT2D eigenvalue weighted by Crippen LogP contribution is 2.46. The van der Waals surface area contributed by atoms with E-state index in [0.717, 1.165) is 55.8 Å². The summed E-state index contributed by atoms with van der Waals surface area (Å²) in [5.41, 5.74) is 12.8. The molecule has 0 unspecified atom stereocenters. The highest BCUT2D eigenvalue weighted by molar-refractivity contribution is 5.98. The Hall–Kier alpha value is -7.04. The van der Waals surface area contributed by atoms with E-state index in [1.54, 1.807) is 19.9 Å². The number of aromatic nitrogens is 3. The molecule has 318 valence electrons. The Kier molecular flexibility index (Phi) is 9.18. The number of para-hydroxylation sites is 1. The summed E-state index contributed by atoms with van der Waals surface area (Å²) in [5, 5.41) is 12.6. The van der Waals surface area contributed by atoms with Gasteiger partial charge in [-0.05, 0) is 123 Å². The zero-order valence-corrected chi connectivity index (χ0v) is 38.1. The Bertz CT molecular complexity index is 3490. The number of phenolic OH excluding ortho intramolecular Hbond substituents is 1. The van der Waals surface area contributed by atoms with Crippen LogP contribution in [0.5, 0.6) is 5.75 Å². The lowest BCUT2D eigenvalue weighted by atomic mass is 9.79. The van der Waals surface area contributed by atoms with Gasteiger partial charge in [0.25, 0.3) is 0 Å². The highest BCUT2D eigenvalue weighted by atomic mass is 16.3. The van der Waals surface area contributed by atoms with Gasteiger partial charge in [-0.2, -0.15) is 0 Å². The molecule has 4 heteroatoms. The van der Waals surface area contributed by atoms with Crippen LogP contribution in [0.4, 0.5) is 0 Å². The molecule has 2 aromatic heterocycles. The summed E-state index contributed by atoms with van der Waals surface area (Å²) in [6.07, 6.45) is 1.85. The number of phenols is 1. The number of aromatic hydroxyl groups is 1. The second-order valence-electron chi connectivity index (χ2n) is 19.1. The fraction of sp³-hybridized carbons (Fsp3) is 0.200. The molecule has 0 bridgehead atoms. The Morgan fingerprint density at radius 2 is 1.30 bits per heavy atom. The summed E-state index contributed by atoms with van der Waals surface area (Å²) in [7, 11) is 0. The van der Waals surface area contributed by atoms with Crippen LogP contribution in [-0.4, -0.2) is 19.6 Å². The first-order chi connectivity index (χ1) is 33.0. The predicted octanol–water partition coefficient (Wildman–Crippen LogP) is 16.2. The van der Waals surface area contributed by atoms with E-state index in [1.807, 2.05) is 71.4 Å². The third-order valence-corrected chi connectivity index (χ3v) is 12.1. The van der Waals surface area contributed by atoms with Gasteiger partial charge < -0.3 is 5.11 Å². The number of hydrogen-bond acceptors (Lipinski definition) is 3. The number of hydrogen-bond donors (Lipinski definition) is 1. The van der Waals surface area contributed by atoms with Crippen LogP contribution in [0, 0.1) is 6.92 Å². The van der Waals surface area contributed by atoms with Crippen molar-refractivity contribution in [3.63, 3.8) is 0 Å². The molecule has 0 radical (unpaired) electrons. The van der Waals surface area contributed by atoms with Crippen molar-refractivity contribution in [3.05, 3.63) is 192 Å².